The number of carbonyl (C=O) groups is 2. The van der Waals surface area contributed by atoms with Gasteiger partial charge < -0.3 is 19.9 Å². The van der Waals surface area contributed by atoms with Crippen molar-refractivity contribution in [2.45, 2.75) is 32.7 Å². The smallest absolute Gasteiger partial charge is 0.337 e. The second-order valence-electron chi connectivity index (χ2n) is 5.98. The summed E-state index contributed by atoms with van der Waals surface area (Å²) in [6.45, 7) is 5.46. The van der Waals surface area contributed by atoms with E-state index in [0.29, 0.717) is 24.4 Å². The molecule has 1 atom stereocenters. The van der Waals surface area contributed by atoms with Crippen LogP contribution < -0.4 is 10.6 Å². The van der Waals surface area contributed by atoms with E-state index in [1.807, 2.05) is 13.0 Å². The van der Waals surface area contributed by atoms with Crippen molar-refractivity contribution >= 4 is 12.0 Å². The van der Waals surface area contributed by atoms with E-state index in [2.05, 4.69) is 20.7 Å². The van der Waals surface area contributed by atoms with Crippen LogP contribution in [0.2, 0.25) is 0 Å². The summed E-state index contributed by atoms with van der Waals surface area (Å²) in [5.74, 6) is 0.426. The topological polar surface area (TPSA) is 96.7 Å². The zero-order chi connectivity index (χ0) is 17.1. The summed E-state index contributed by atoms with van der Waals surface area (Å²) in [5, 5.41) is 9.32. The molecular formula is C16H22N4O4. The highest BCUT2D eigenvalue weighted by atomic mass is 16.5. The van der Waals surface area contributed by atoms with E-state index in [1.165, 1.54) is 0 Å². The van der Waals surface area contributed by atoms with Gasteiger partial charge in [0.05, 0.1) is 30.5 Å². The van der Waals surface area contributed by atoms with Gasteiger partial charge in [0, 0.05) is 18.3 Å². The third-order valence-electron chi connectivity index (χ3n) is 4.28. The van der Waals surface area contributed by atoms with Gasteiger partial charge in [-0.1, -0.05) is 5.16 Å². The number of aryl methyl sites for hydroxylation is 1. The van der Waals surface area contributed by atoms with E-state index in [0.717, 1.165) is 30.8 Å². The molecule has 0 aliphatic carbocycles. The summed E-state index contributed by atoms with van der Waals surface area (Å²) in [7, 11) is 0. The van der Waals surface area contributed by atoms with Gasteiger partial charge in [0.25, 0.3) is 0 Å². The van der Waals surface area contributed by atoms with Crippen LogP contribution in [0.25, 0.3) is 0 Å². The van der Waals surface area contributed by atoms with Crippen molar-refractivity contribution in [1.82, 2.24) is 20.7 Å². The van der Waals surface area contributed by atoms with E-state index < -0.39 is 5.97 Å². The van der Waals surface area contributed by atoms with Crippen LogP contribution in [0.15, 0.2) is 21.9 Å². The number of urea groups is 1. The maximum Gasteiger partial charge on any atom is 0.337 e. The van der Waals surface area contributed by atoms with Crippen molar-refractivity contribution in [3.8, 4) is 0 Å². The average Bonchev–Trinajstić information content (AvgIpc) is 3.16. The fourth-order valence-corrected chi connectivity index (χ4v) is 3.16. The molecule has 1 saturated heterocycles. The summed E-state index contributed by atoms with van der Waals surface area (Å²) >= 11 is 0. The number of nitrogens with one attached hydrogen (secondary N) is 2. The summed E-state index contributed by atoms with van der Waals surface area (Å²) in [4.78, 5) is 26.0. The SMILES string of the molecule is CCOC(=O)C1=C(CN2CCCC2c2cc(C)no2)NC(=O)NC1. The first kappa shape index (κ1) is 16.5. The number of carbonyl (C=O) groups excluding carboxylic acids is 2. The molecule has 2 aliphatic heterocycles. The Morgan fingerprint density at radius 1 is 1.54 bits per heavy atom. The second-order valence-corrected chi connectivity index (χ2v) is 5.98. The van der Waals surface area contributed by atoms with Crippen LogP contribution >= 0.6 is 0 Å². The lowest BCUT2D eigenvalue weighted by molar-refractivity contribution is -0.138. The molecule has 8 nitrogen and oxygen atoms in total. The monoisotopic (exact) mass is 334 g/mol. The van der Waals surface area contributed by atoms with E-state index in [4.69, 9.17) is 9.26 Å². The van der Waals surface area contributed by atoms with Crippen LogP contribution in [-0.4, -0.2) is 48.3 Å². The lowest BCUT2D eigenvalue weighted by atomic mass is 10.1. The molecule has 2 aliphatic rings. The van der Waals surface area contributed by atoms with Crippen molar-refractivity contribution < 1.29 is 18.8 Å². The summed E-state index contributed by atoms with van der Waals surface area (Å²) in [5.41, 5.74) is 1.91. The molecular weight excluding hydrogens is 312 g/mol. The van der Waals surface area contributed by atoms with Crippen LogP contribution in [0.5, 0.6) is 0 Å². The summed E-state index contributed by atoms with van der Waals surface area (Å²) in [6.07, 6.45) is 1.99. The lowest BCUT2D eigenvalue weighted by Gasteiger charge is -2.27. The maximum absolute atomic E-state index is 12.1. The molecule has 8 heteroatoms. The lowest BCUT2D eigenvalue weighted by Crippen LogP contribution is -2.46. The fraction of sp³-hybridized carbons (Fsp3) is 0.562. The minimum absolute atomic E-state index is 0.105. The van der Waals surface area contributed by atoms with Crippen molar-refractivity contribution in [3.05, 3.63) is 28.8 Å². The molecule has 0 bridgehead atoms. The zero-order valence-corrected chi connectivity index (χ0v) is 13.9. The number of amides is 2. The first-order valence-corrected chi connectivity index (χ1v) is 8.19. The zero-order valence-electron chi connectivity index (χ0n) is 13.9. The highest BCUT2D eigenvalue weighted by molar-refractivity contribution is 5.93. The number of ether oxygens (including phenoxy) is 1. The van der Waals surface area contributed by atoms with Gasteiger partial charge in [0.1, 0.15) is 0 Å². The third-order valence-corrected chi connectivity index (χ3v) is 4.28. The predicted molar refractivity (Wildman–Crippen MR) is 85.0 cm³/mol. The van der Waals surface area contributed by atoms with E-state index >= 15 is 0 Å². The predicted octanol–water partition coefficient (Wildman–Crippen LogP) is 1.25. The maximum atomic E-state index is 12.1. The Bertz CT molecular complexity index is 667. The molecule has 24 heavy (non-hydrogen) atoms. The Labute approximate surface area is 140 Å². The molecule has 0 aromatic carbocycles. The van der Waals surface area contributed by atoms with Crippen LogP contribution in [0.3, 0.4) is 0 Å². The molecule has 0 saturated carbocycles. The number of hydrogen-bond donors (Lipinski definition) is 2. The largest absolute Gasteiger partial charge is 0.463 e. The molecule has 130 valence electrons. The normalized spacial score (nSPS) is 21.6. The van der Waals surface area contributed by atoms with Crippen molar-refractivity contribution in [2.75, 3.05) is 26.2 Å². The van der Waals surface area contributed by atoms with E-state index in [-0.39, 0.29) is 18.6 Å². The minimum Gasteiger partial charge on any atom is -0.463 e. The number of hydrogen-bond acceptors (Lipinski definition) is 6. The number of likely N-dealkylation sites (tertiary alicyclic amines) is 1. The van der Waals surface area contributed by atoms with Gasteiger partial charge in [-0.05, 0) is 33.2 Å². The first-order valence-electron chi connectivity index (χ1n) is 8.19. The van der Waals surface area contributed by atoms with Crippen molar-refractivity contribution in [1.29, 1.82) is 0 Å². The number of rotatable bonds is 5. The molecule has 3 rings (SSSR count). The van der Waals surface area contributed by atoms with Crippen molar-refractivity contribution in [3.63, 3.8) is 0 Å². The van der Waals surface area contributed by atoms with E-state index in [9.17, 15) is 9.59 Å². The Hall–Kier alpha value is -2.35. The van der Waals surface area contributed by atoms with Crippen LogP contribution in [0.4, 0.5) is 4.79 Å². The quantitative estimate of drug-likeness (QED) is 0.787. The van der Waals surface area contributed by atoms with Gasteiger partial charge in [-0.3, -0.25) is 4.90 Å². The minimum atomic E-state index is -0.397. The van der Waals surface area contributed by atoms with Crippen LogP contribution in [-0.2, 0) is 9.53 Å². The molecule has 1 aromatic rings. The van der Waals surface area contributed by atoms with Gasteiger partial charge in [-0.2, -0.15) is 0 Å². The molecule has 1 fully saturated rings. The van der Waals surface area contributed by atoms with Gasteiger partial charge in [0.2, 0.25) is 0 Å². The second kappa shape index (κ2) is 7.04. The van der Waals surface area contributed by atoms with Crippen LogP contribution in [0, 0.1) is 6.92 Å². The molecule has 2 amide bonds. The fourth-order valence-electron chi connectivity index (χ4n) is 3.16. The van der Waals surface area contributed by atoms with Crippen molar-refractivity contribution in [2.24, 2.45) is 0 Å². The van der Waals surface area contributed by atoms with Gasteiger partial charge in [0.15, 0.2) is 5.76 Å². The Morgan fingerprint density at radius 2 is 2.38 bits per heavy atom. The summed E-state index contributed by atoms with van der Waals surface area (Å²) in [6, 6.07) is 1.74. The average molecular weight is 334 g/mol. The molecule has 1 aromatic heterocycles. The standard InChI is InChI=1S/C16H22N4O4/c1-3-23-15(21)11-8-17-16(22)18-12(11)9-20-6-4-5-13(20)14-7-10(2)19-24-14/h7,13H,3-6,8-9H2,1-2H3,(H2,17,18,22). The summed E-state index contributed by atoms with van der Waals surface area (Å²) < 4.78 is 10.5. The highest BCUT2D eigenvalue weighted by Crippen LogP contribution is 2.32. The third kappa shape index (κ3) is 3.43. The van der Waals surface area contributed by atoms with Gasteiger partial charge in [-0.25, -0.2) is 9.59 Å². The van der Waals surface area contributed by atoms with Gasteiger partial charge >= 0.3 is 12.0 Å². The molecule has 0 spiro atoms. The first-order chi connectivity index (χ1) is 11.6. The molecule has 0 radical (unpaired) electrons. The molecule has 2 N–H and O–H groups in total. The molecule has 3 heterocycles. The van der Waals surface area contributed by atoms with E-state index in [1.54, 1.807) is 6.92 Å². The number of nitrogens with zero attached hydrogens (tertiary/aromatic N) is 2. The number of esters is 1. The Kier molecular flexibility index (Phi) is 4.84. The number of aromatic nitrogens is 1. The van der Waals surface area contributed by atoms with Gasteiger partial charge in [-0.15, -0.1) is 0 Å². The highest BCUT2D eigenvalue weighted by Gasteiger charge is 2.32. The Morgan fingerprint density at radius 3 is 3.08 bits per heavy atom. The Balaban J connectivity index is 1.80. The molecule has 1 unspecified atom stereocenters. The van der Waals surface area contributed by atoms with Crippen LogP contribution in [0.1, 0.15) is 37.3 Å².